The van der Waals surface area contributed by atoms with Crippen LogP contribution in [0.4, 0.5) is 0 Å². The van der Waals surface area contributed by atoms with Crippen molar-refractivity contribution in [3.8, 4) is 0 Å². The average Bonchev–Trinajstić information content (AvgIpc) is 2.41. The van der Waals surface area contributed by atoms with Gasteiger partial charge in [-0.3, -0.25) is 0 Å². The van der Waals surface area contributed by atoms with Crippen LogP contribution in [0, 0.1) is 0 Å². The summed E-state index contributed by atoms with van der Waals surface area (Å²) in [5, 5.41) is 0. The fourth-order valence-electron chi connectivity index (χ4n) is 1.09. The van der Waals surface area contributed by atoms with Gasteiger partial charge in [-0.1, -0.05) is 6.58 Å². The van der Waals surface area contributed by atoms with Crippen LogP contribution in [0.1, 0.15) is 13.8 Å². The molecule has 0 spiro atoms. The van der Waals surface area contributed by atoms with Gasteiger partial charge in [0.15, 0.2) is 5.79 Å². The van der Waals surface area contributed by atoms with E-state index in [1.807, 2.05) is 36.4 Å². The first kappa shape index (κ1) is 11.9. The van der Waals surface area contributed by atoms with Gasteiger partial charge >= 0.3 is 5.97 Å². The molecular weight excluding hydrogens is 299 g/mol. The minimum absolute atomic E-state index is 0.176. The van der Waals surface area contributed by atoms with Crippen LogP contribution in [0.25, 0.3) is 0 Å². The molecule has 0 bridgehead atoms. The van der Waals surface area contributed by atoms with Crippen molar-refractivity contribution in [3.05, 3.63) is 10.2 Å². The Morgan fingerprint density at radius 2 is 2.36 bits per heavy atom. The molecule has 0 aliphatic carbocycles. The zero-order valence-corrected chi connectivity index (χ0v) is 10.4. The van der Waals surface area contributed by atoms with E-state index in [-0.39, 0.29) is 12.7 Å². The molecule has 0 saturated carbocycles. The largest absolute Gasteiger partial charge is 0.459 e. The highest BCUT2D eigenvalue weighted by Crippen LogP contribution is 2.22. The molecule has 0 amide bonds. The lowest BCUT2D eigenvalue weighted by atomic mass is 10.4. The van der Waals surface area contributed by atoms with E-state index < -0.39 is 11.8 Å². The van der Waals surface area contributed by atoms with Crippen molar-refractivity contribution in [2.45, 2.75) is 25.7 Å². The Morgan fingerprint density at radius 3 is 2.79 bits per heavy atom. The third kappa shape index (κ3) is 3.55. The molecule has 1 heterocycles. The number of hydrogen-bond donors (Lipinski definition) is 0. The Kier molecular flexibility index (Phi) is 3.91. The second-order valence-electron chi connectivity index (χ2n) is 3.45. The molecule has 0 radical (unpaired) electrons. The SMILES string of the molecule is C=C(I)C(=O)OCC1COC(C)(C)O1. The van der Waals surface area contributed by atoms with E-state index in [2.05, 4.69) is 6.58 Å². The Hall–Kier alpha value is -0.140. The van der Waals surface area contributed by atoms with Crippen molar-refractivity contribution >= 4 is 28.6 Å². The van der Waals surface area contributed by atoms with Gasteiger partial charge in [0.05, 0.1) is 10.2 Å². The third-order valence-corrected chi connectivity index (χ3v) is 2.13. The predicted octanol–water partition coefficient (Wildman–Crippen LogP) is 1.63. The molecule has 1 saturated heterocycles. The molecule has 0 N–H and O–H groups in total. The molecule has 1 rings (SSSR count). The summed E-state index contributed by atoms with van der Waals surface area (Å²) in [6.45, 7) is 7.78. The Morgan fingerprint density at radius 1 is 1.71 bits per heavy atom. The molecule has 14 heavy (non-hydrogen) atoms. The number of carbonyl (C=O) groups excluding carboxylic acids is 1. The average molecular weight is 312 g/mol. The lowest BCUT2D eigenvalue weighted by molar-refractivity contribution is -0.155. The molecule has 1 aliphatic heterocycles. The summed E-state index contributed by atoms with van der Waals surface area (Å²) in [6, 6.07) is 0. The number of esters is 1. The van der Waals surface area contributed by atoms with Gasteiger partial charge in [0.1, 0.15) is 12.7 Å². The van der Waals surface area contributed by atoms with Crippen LogP contribution in [0.5, 0.6) is 0 Å². The fraction of sp³-hybridized carbons (Fsp3) is 0.667. The van der Waals surface area contributed by atoms with Crippen molar-refractivity contribution < 1.29 is 19.0 Å². The van der Waals surface area contributed by atoms with E-state index in [4.69, 9.17) is 14.2 Å². The number of halogens is 1. The maximum Gasteiger partial charge on any atom is 0.343 e. The van der Waals surface area contributed by atoms with Crippen molar-refractivity contribution in [2.24, 2.45) is 0 Å². The second-order valence-corrected chi connectivity index (χ2v) is 4.76. The minimum Gasteiger partial charge on any atom is -0.459 e. The lowest BCUT2D eigenvalue weighted by Gasteiger charge is -2.16. The summed E-state index contributed by atoms with van der Waals surface area (Å²) in [4.78, 5) is 11.0. The minimum atomic E-state index is -0.571. The van der Waals surface area contributed by atoms with Gasteiger partial charge in [-0.05, 0) is 36.4 Å². The summed E-state index contributed by atoms with van der Waals surface area (Å²) in [5.74, 6) is -0.975. The van der Waals surface area contributed by atoms with Gasteiger partial charge in [-0.15, -0.1) is 0 Å². The van der Waals surface area contributed by atoms with Crippen molar-refractivity contribution in [1.29, 1.82) is 0 Å². The van der Waals surface area contributed by atoms with Crippen LogP contribution >= 0.6 is 22.6 Å². The van der Waals surface area contributed by atoms with Crippen molar-refractivity contribution in [2.75, 3.05) is 13.2 Å². The third-order valence-electron chi connectivity index (χ3n) is 1.69. The number of hydrogen-bond acceptors (Lipinski definition) is 4. The van der Waals surface area contributed by atoms with E-state index in [0.29, 0.717) is 10.2 Å². The molecule has 0 aromatic carbocycles. The molecule has 0 aromatic heterocycles. The molecule has 80 valence electrons. The standard InChI is InChI=1S/C9H13IO4/c1-6(10)8(11)12-4-7-5-13-9(2,3)14-7/h7H,1,4-5H2,2-3H3. The monoisotopic (exact) mass is 312 g/mol. The Balaban J connectivity index is 2.27. The molecular formula is C9H13IO4. The Bertz CT molecular complexity index is 249. The predicted molar refractivity (Wildman–Crippen MR) is 59.0 cm³/mol. The quantitative estimate of drug-likeness (QED) is 0.451. The van der Waals surface area contributed by atoms with Crippen LogP contribution in [-0.4, -0.2) is 31.1 Å². The molecule has 0 aromatic rings. The summed E-state index contributed by atoms with van der Waals surface area (Å²) in [7, 11) is 0. The van der Waals surface area contributed by atoms with Gasteiger partial charge in [-0.25, -0.2) is 4.79 Å². The summed E-state index contributed by atoms with van der Waals surface area (Å²) in [5.41, 5.74) is 0. The van der Waals surface area contributed by atoms with E-state index in [1.54, 1.807) is 0 Å². The van der Waals surface area contributed by atoms with Crippen LogP contribution in [-0.2, 0) is 19.0 Å². The van der Waals surface area contributed by atoms with Crippen molar-refractivity contribution in [1.82, 2.24) is 0 Å². The smallest absolute Gasteiger partial charge is 0.343 e. The van der Waals surface area contributed by atoms with Crippen LogP contribution < -0.4 is 0 Å². The summed E-state index contributed by atoms with van der Waals surface area (Å²) >= 11 is 1.82. The van der Waals surface area contributed by atoms with E-state index in [0.717, 1.165) is 0 Å². The van der Waals surface area contributed by atoms with Gasteiger partial charge in [0.25, 0.3) is 0 Å². The highest BCUT2D eigenvalue weighted by Gasteiger charge is 2.33. The zero-order valence-electron chi connectivity index (χ0n) is 8.21. The van der Waals surface area contributed by atoms with Crippen LogP contribution in [0.3, 0.4) is 0 Å². The Labute approximate surface area is 96.7 Å². The molecule has 4 nitrogen and oxygen atoms in total. The van der Waals surface area contributed by atoms with Gasteiger partial charge in [0.2, 0.25) is 0 Å². The molecule has 5 heteroatoms. The van der Waals surface area contributed by atoms with Gasteiger partial charge in [-0.2, -0.15) is 0 Å². The van der Waals surface area contributed by atoms with E-state index in [9.17, 15) is 4.79 Å². The number of ether oxygens (including phenoxy) is 3. The molecule has 1 fully saturated rings. The normalized spacial score (nSPS) is 24.6. The van der Waals surface area contributed by atoms with Gasteiger partial charge < -0.3 is 14.2 Å². The first-order valence-corrected chi connectivity index (χ1v) is 5.32. The number of carbonyl (C=O) groups is 1. The van der Waals surface area contributed by atoms with Crippen molar-refractivity contribution in [3.63, 3.8) is 0 Å². The van der Waals surface area contributed by atoms with Crippen LogP contribution in [0.15, 0.2) is 10.2 Å². The topological polar surface area (TPSA) is 44.8 Å². The maximum atomic E-state index is 11.0. The summed E-state index contributed by atoms with van der Waals surface area (Å²) < 4.78 is 16.0. The molecule has 1 atom stereocenters. The molecule has 1 aliphatic rings. The maximum absolute atomic E-state index is 11.0. The lowest BCUT2D eigenvalue weighted by Crippen LogP contribution is -2.25. The first-order chi connectivity index (χ1) is 6.41. The molecule has 1 unspecified atom stereocenters. The first-order valence-electron chi connectivity index (χ1n) is 4.24. The van der Waals surface area contributed by atoms with E-state index in [1.165, 1.54) is 0 Å². The van der Waals surface area contributed by atoms with Gasteiger partial charge in [0, 0.05) is 0 Å². The fourth-order valence-corrected chi connectivity index (χ4v) is 1.25. The zero-order chi connectivity index (χ0) is 10.8. The highest BCUT2D eigenvalue weighted by atomic mass is 127. The highest BCUT2D eigenvalue weighted by molar-refractivity contribution is 14.1. The second kappa shape index (κ2) is 4.59. The van der Waals surface area contributed by atoms with Crippen LogP contribution in [0.2, 0.25) is 0 Å². The number of rotatable bonds is 3. The summed E-state index contributed by atoms with van der Waals surface area (Å²) in [6.07, 6.45) is -0.176. The van der Waals surface area contributed by atoms with E-state index >= 15 is 0 Å².